The smallest absolute Gasteiger partial charge is 0.348 e. The van der Waals surface area contributed by atoms with Crippen molar-refractivity contribution in [3.63, 3.8) is 0 Å². The fourth-order valence-electron chi connectivity index (χ4n) is 1.39. The van der Waals surface area contributed by atoms with Gasteiger partial charge in [-0.15, -0.1) is 0 Å². The molecule has 0 radical (unpaired) electrons. The molecule has 0 saturated heterocycles. The van der Waals surface area contributed by atoms with Crippen LogP contribution in [0.4, 0.5) is 0 Å². The van der Waals surface area contributed by atoms with Crippen LogP contribution in [0.1, 0.15) is 18.1 Å². The van der Waals surface area contributed by atoms with Crippen LogP contribution in [0.2, 0.25) is 0 Å². The Balaban J connectivity index is 3.17. The van der Waals surface area contributed by atoms with Crippen LogP contribution in [0.15, 0.2) is 29.8 Å². The predicted molar refractivity (Wildman–Crippen MR) is 62.6 cm³/mol. The Hall–Kier alpha value is -2.12. The number of hydrogen-bond donors (Lipinski definition) is 1. The van der Waals surface area contributed by atoms with Gasteiger partial charge in [0, 0.05) is 0 Å². The van der Waals surface area contributed by atoms with Crippen molar-refractivity contribution in [1.82, 2.24) is 0 Å². The van der Waals surface area contributed by atoms with Gasteiger partial charge in [-0.25, -0.2) is 4.79 Å². The number of esters is 1. The Morgan fingerprint density at radius 3 is 2.41 bits per heavy atom. The Bertz CT molecular complexity index is 480. The lowest BCUT2D eigenvalue weighted by Crippen LogP contribution is -2.05. The lowest BCUT2D eigenvalue weighted by molar-refractivity contribution is -0.135. The van der Waals surface area contributed by atoms with Crippen LogP contribution in [0, 0.1) is 11.3 Å². The van der Waals surface area contributed by atoms with Gasteiger partial charge in [0.2, 0.25) is 0 Å². The molecule has 0 atom stereocenters. The number of methoxy groups -OCH3 is 1. The largest absolute Gasteiger partial charge is 0.465 e. The number of benzene rings is 1. The quantitative estimate of drug-likeness (QED) is 0.488. The summed E-state index contributed by atoms with van der Waals surface area (Å²) in [6.07, 6.45) is 0. The minimum absolute atomic E-state index is 0.00996. The maximum atomic E-state index is 11.3. The van der Waals surface area contributed by atoms with Crippen molar-refractivity contribution in [2.75, 3.05) is 7.11 Å². The second kappa shape index (κ2) is 5.83. The number of aliphatic hydroxyl groups excluding tert-OH is 1. The van der Waals surface area contributed by atoms with E-state index in [2.05, 4.69) is 4.74 Å². The normalized spacial score (nSPS) is 11.4. The summed E-state index contributed by atoms with van der Waals surface area (Å²) >= 11 is 0. The molecule has 0 aromatic heterocycles. The maximum absolute atomic E-state index is 11.3. The molecule has 0 aliphatic rings. The molecule has 0 amide bonds. The molecule has 17 heavy (non-hydrogen) atoms. The number of carbonyl (C=O) groups is 1. The summed E-state index contributed by atoms with van der Waals surface area (Å²) in [6, 6.07) is 8.82. The van der Waals surface area contributed by atoms with Crippen molar-refractivity contribution in [1.29, 1.82) is 5.26 Å². The standard InChI is InChI=1S/C13H13NO3/c1-9(12(7-14)13(16)17-2)11-5-3-10(8-15)4-6-11/h3-6,15H,8H2,1-2H3/b12-9-. The van der Waals surface area contributed by atoms with Crippen molar-refractivity contribution in [2.45, 2.75) is 13.5 Å². The molecule has 0 unspecified atom stereocenters. The summed E-state index contributed by atoms with van der Waals surface area (Å²) in [5.74, 6) is -0.642. The summed E-state index contributed by atoms with van der Waals surface area (Å²) in [7, 11) is 1.24. The lowest BCUT2D eigenvalue weighted by atomic mass is 10.0. The molecule has 0 heterocycles. The van der Waals surface area contributed by atoms with Crippen molar-refractivity contribution in [3.05, 3.63) is 41.0 Å². The summed E-state index contributed by atoms with van der Waals surface area (Å²) in [4.78, 5) is 11.3. The van der Waals surface area contributed by atoms with Crippen LogP contribution >= 0.6 is 0 Å². The highest BCUT2D eigenvalue weighted by molar-refractivity contribution is 6.01. The van der Waals surface area contributed by atoms with Gasteiger partial charge in [0.05, 0.1) is 13.7 Å². The van der Waals surface area contributed by atoms with E-state index in [9.17, 15) is 4.79 Å². The fraction of sp³-hybridized carbons (Fsp3) is 0.231. The molecule has 88 valence electrons. The van der Waals surface area contributed by atoms with Gasteiger partial charge >= 0.3 is 5.97 Å². The van der Waals surface area contributed by atoms with Crippen LogP contribution in [0.3, 0.4) is 0 Å². The zero-order valence-corrected chi connectivity index (χ0v) is 9.73. The number of nitrogens with zero attached hydrogens (tertiary/aromatic N) is 1. The first-order valence-electron chi connectivity index (χ1n) is 5.03. The molecule has 4 nitrogen and oxygen atoms in total. The average molecular weight is 231 g/mol. The van der Waals surface area contributed by atoms with E-state index in [1.165, 1.54) is 7.11 Å². The van der Waals surface area contributed by atoms with E-state index in [0.29, 0.717) is 5.57 Å². The van der Waals surface area contributed by atoms with E-state index in [4.69, 9.17) is 10.4 Å². The second-order valence-corrected chi connectivity index (χ2v) is 3.46. The molecule has 1 rings (SSSR count). The summed E-state index contributed by atoms with van der Waals surface area (Å²) < 4.78 is 4.53. The van der Waals surface area contributed by atoms with Gasteiger partial charge < -0.3 is 9.84 Å². The molecule has 1 N–H and O–H groups in total. The Morgan fingerprint density at radius 1 is 1.41 bits per heavy atom. The average Bonchev–Trinajstić information content (AvgIpc) is 2.39. The minimum Gasteiger partial charge on any atom is -0.465 e. The zero-order chi connectivity index (χ0) is 12.8. The molecule has 0 aliphatic carbocycles. The minimum atomic E-state index is -0.642. The van der Waals surface area contributed by atoms with Gasteiger partial charge in [-0.2, -0.15) is 5.26 Å². The Kier molecular flexibility index (Phi) is 4.44. The fourth-order valence-corrected chi connectivity index (χ4v) is 1.39. The topological polar surface area (TPSA) is 70.3 Å². The van der Waals surface area contributed by atoms with Gasteiger partial charge in [0.15, 0.2) is 0 Å². The van der Waals surface area contributed by atoms with Gasteiger partial charge in [0.1, 0.15) is 11.6 Å². The van der Waals surface area contributed by atoms with Crippen LogP contribution in [-0.4, -0.2) is 18.2 Å². The van der Waals surface area contributed by atoms with Crippen LogP contribution in [-0.2, 0) is 16.1 Å². The molecule has 4 heteroatoms. The number of aliphatic hydroxyl groups is 1. The first-order chi connectivity index (χ1) is 8.13. The molecule has 0 spiro atoms. The molecule has 0 saturated carbocycles. The molecule has 1 aromatic carbocycles. The zero-order valence-electron chi connectivity index (χ0n) is 9.73. The van der Waals surface area contributed by atoms with Gasteiger partial charge in [-0.1, -0.05) is 24.3 Å². The highest BCUT2D eigenvalue weighted by Crippen LogP contribution is 2.19. The van der Waals surface area contributed by atoms with Gasteiger partial charge in [-0.3, -0.25) is 0 Å². The van der Waals surface area contributed by atoms with E-state index in [1.54, 1.807) is 31.2 Å². The van der Waals surface area contributed by atoms with E-state index in [1.807, 2.05) is 6.07 Å². The molecular weight excluding hydrogens is 218 g/mol. The van der Waals surface area contributed by atoms with E-state index >= 15 is 0 Å². The van der Waals surface area contributed by atoms with Crippen molar-refractivity contribution < 1.29 is 14.6 Å². The third-order valence-corrected chi connectivity index (χ3v) is 2.45. The first-order valence-corrected chi connectivity index (χ1v) is 5.03. The number of rotatable bonds is 3. The van der Waals surface area contributed by atoms with Crippen LogP contribution in [0.25, 0.3) is 5.57 Å². The van der Waals surface area contributed by atoms with Crippen molar-refractivity contribution in [2.24, 2.45) is 0 Å². The number of allylic oxidation sites excluding steroid dienone is 1. The molecular formula is C13H13NO3. The number of hydrogen-bond acceptors (Lipinski definition) is 4. The van der Waals surface area contributed by atoms with Crippen LogP contribution < -0.4 is 0 Å². The number of nitriles is 1. The highest BCUT2D eigenvalue weighted by atomic mass is 16.5. The second-order valence-electron chi connectivity index (χ2n) is 3.46. The molecule has 0 aliphatic heterocycles. The first kappa shape index (κ1) is 12.9. The third-order valence-electron chi connectivity index (χ3n) is 2.45. The maximum Gasteiger partial charge on any atom is 0.348 e. The van der Waals surface area contributed by atoms with Gasteiger partial charge in [-0.05, 0) is 23.6 Å². The summed E-state index contributed by atoms with van der Waals surface area (Å²) in [5, 5.41) is 17.8. The molecule has 0 fully saturated rings. The Labute approximate surface area is 99.8 Å². The monoisotopic (exact) mass is 231 g/mol. The third kappa shape index (κ3) is 2.92. The predicted octanol–water partition coefficient (Wildman–Crippen LogP) is 1.65. The van der Waals surface area contributed by atoms with Crippen molar-refractivity contribution in [3.8, 4) is 6.07 Å². The lowest BCUT2D eigenvalue weighted by Gasteiger charge is -2.05. The summed E-state index contributed by atoms with van der Waals surface area (Å²) in [5.41, 5.74) is 2.08. The van der Waals surface area contributed by atoms with Crippen molar-refractivity contribution >= 4 is 11.5 Å². The molecule has 1 aromatic rings. The van der Waals surface area contributed by atoms with Gasteiger partial charge in [0.25, 0.3) is 0 Å². The summed E-state index contributed by atoms with van der Waals surface area (Å²) in [6.45, 7) is 1.65. The van der Waals surface area contributed by atoms with E-state index in [0.717, 1.165) is 11.1 Å². The highest BCUT2D eigenvalue weighted by Gasteiger charge is 2.13. The number of carbonyl (C=O) groups excluding carboxylic acids is 1. The van der Waals surface area contributed by atoms with E-state index in [-0.39, 0.29) is 12.2 Å². The SMILES string of the molecule is COC(=O)/C(C#N)=C(/C)c1ccc(CO)cc1. The number of ether oxygens (including phenoxy) is 1. The van der Waals surface area contributed by atoms with E-state index < -0.39 is 5.97 Å². The molecule has 0 bridgehead atoms. The Morgan fingerprint density at radius 2 is 2.00 bits per heavy atom. The van der Waals surface area contributed by atoms with Crippen LogP contribution in [0.5, 0.6) is 0 Å².